The van der Waals surface area contributed by atoms with Crippen LogP contribution in [0, 0.1) is 0 Å². The third-order valence-corrected chi connectivity index (χ3v) is 2.91. The van der Waals surface area contributed by atoms with E-state index in [0.717, 1.165) is 0 Å². The van der Waals surface area contributed by atoms with E-state index in [9.17, 15) is 4.79 Å². The lowest BCUT2D eigenvalue weighted by molar-refractivity contribution is -0.120. The maximum atomic E-state index is 11.4. The van der Waals surface area contributed by atoms with Gasteiger partial charge in [-0.3, -0.25) is 10.1 Å². The van der Waals surface area contributed by atoms with Crippen LogP contribution in [-0.2, 0) is 4.79 Å². The van der Waals surface area contributed by atoms with Crippen molar-refractivity contribution in [3.8, 4) is 0 Å². The molecule has 0 aliphatic heterocycles. The molecule has 3 N–H and O–H groups in total. The molecule has 0 spiro atoms. The molecular formula is C11H14Cl2N2O. The normalized spacial score (nSPS) is 12.8. The number of nitrogens with one attached hydrogen (secondary N) is 1. The number of amides is 1. The highest BCUT2D eigenvalue weighted by Crippen LogP contribution is 2.30. The molecule has 1 aromatic carbocycles. The van der Waals surface area contributed by atoms with E-state index in [1.165, 1.54) is 0 Å². The summed E-state index contributed by atoms with van der Waals surface area (Å²) >= 11 is 11.9. The van der Waals surface area contributed by atoms with Crippen LogP contribution in [0.25, 0.3) is 0 Å². The summed E-state index contributed by atoms with van der Waals surface area (Å²) in [6.07, 6.45) is 0. The van der Waals surface area contributed by atoms with Crippen molar-refractivity contribution in [1.29, 1.82) is 0 Å². The van der Waals surface area contributed by atoms with Crippen molar-refractivity contribution in [1.82, 2.24) is 5.32 Å². The van der Waals surface area contributed by atoms with Gasteiger partial charge >= 0.3 is 0 Å². The largest absolute Gasteiger partial charge is 0.368 e. The average molecular weight is 261 g/mol. The molecule has 0 aromatic heterocycles. The van der Waals surface area contributed by atoms with Gasteiger partial charge in [0.25, 0.3) is 0 Å². The van der Waals surface area contributed by atoms with Gasteiger partial charge in [-0.2, -0.15) is 0 Å². The number of hydrogen-bond acceptors (Lipinski definition) is 2. The Morgan fingerprint density at radius 2 is 2.00 bits per heavy atom. The molecule has 1 rings (SSSR count). The summed E-state index contributed by atoms with van der Waals surface area (Å²) in [5, 5.41) is 3.82. The van der Waals surface area contributed by atoms with Crippen molar-refractivity contribution < 1.29 is 4.79 Å². The molecule has 0 aliphatic carbocycles. The fraction of sp³-hybridized carbons (Fsp3) is 0.364. The highest BCUT2D eigenvalue weighted by molar-refractivity contribution is 6.42. The zero-order chi connectivity index (χ0) is 12.3. The Morgan fingerprint density at radius 3 is 2.50 bits per heavy atom. The van der Waals surface area contributed by atoms with Gasteiger partial charge in [-0.05, 0) is 25.5 Å². The van der Waals surface area contributed by atoms with E-state index in [1.54, 1.807) is 18.2 Å². The third kappa shape index (κ3) is 3.11. The van der Waals surface area contributed by atoms with Crippen molar-refractivity contribution in [2.45, 2.75) is 25.9 Å². The van der Waals surface area contributed by atoms with Gasteiger partial charge in [0.1, 0.15) is 6.04 Å². The first kappa shape index (κ1) is 13.3. The van der Waals surface area contributed by atoms with E-state index in [0.29, 0.717) is 15.6 Å². The predicted octanol–water partition coefficient (Wildman–Crippen LogP) is 2.52. The van der Waals surface area contributed by atoms with E-state index in [1.807, 2.05) is 13.8 Å². The van der Waals surface area contributed by atoms with Crippen LogP contribution in [0.15, 0.2) is 18.2 Å². The van der Waals surface area contributed by atoms with Crippen LogP contribution in [0.2, 0.25) is 10.0 Å². The molecule has 3 nitrogen and oxygen atoms in total. The Labute approximate surface area is 105 Å². The second-order valence-corrected chi connectivity index (χ2v) is 4.58. The number of carbonyl (C=O) groups excluding carboxylic acids is 1. The van der Waals surface area contributed by atoms with Gasteiger partial charge < -0.3 is 5.73 Å². The minimum absolute atomic E-state index is 0.118. The molecule has 1 unspecified atom stereocenters. The van der Waals surface area contributed by atoms with Gasteiger partial charge in [0, 0.05) is 6.04 Å². The fourth-order valence-corrected chi connectivity index (χ4v) is 1.82. The van der Waals surface area contributed by atoms with Crippen molar-refractivity contribution >= 4 is 29.1 Å². The van der Waals surface area contributed by atoms with Gasteiger partial charge in [0.2, 0.25) is 5.91 Å². The van der Waals surface area contributed by atoms with Gasteiger partial charge in [-0.25, -0.2) is 0 Å². The molecule has 0 saturated carbocycles. The first-order valence-electron chi connectivity index (χ1n) is 4.92. The van der Waals surface area contributed by atoms with Crippen molar-refractivity contribution in [2.75, 3.05) is 0 Å². The molecule has 1 amide bonds. The summed E-state index contributed by atoms with van der Waals surface area (Å²) < 4.78 is 0. The molecule has 16 heavy (non-hydrogen) atoms. The molecule has 88 valence electrons. The van der Waals surface area contributed by atoms with Crippen LogP contribution in [-0.4, -0.2) is 11.9 Å². The number of carbonyl (C=O) groups is 1. The van der Waals surface area contributed by atoms with Gasteiger partial charge in [-0.15, -0.1) is 0 Å². The number of primary amides is 1. The maximum absolute atomic E-state index is 11.4. The topological polar surface area (TPSA) is 55.1 Å². The van der Waals surface area contributed by atoms with Crippen LogP contribution in [0.4, 0.5) is 0 Å². The Kier molecular flexibility index (Phi) is 4.59. The Bertz CT molecular complexity index is 394. The Hall–Kier alpha value is -0.770. The van der Waals surface area contributed by atoms with Gasteiger partial charge in [0.05, 0.1) is 10.0 Å². The summed E-state index contributed by atoms with van der Waals surface area (Å²) in [7, 11) is 0. The molecule has 0 bridgehead atoms. The summed E-state index contributed by atoms with van der Waals surface area (Å²) in [6, 6.07) is 4.64. The van der Waals surface area contributed by atoms with Crippen molar-refractivity contribution in [3.63, 3.8) is 0 Å². The number of benzene rings is 1. The van der Waals surface area contributed by atoms with Crippen LogP contribution in [0.3, 0.4) is 0 Å². The molecule has 1 aromatic rings. The van der Waals surface area contributed by atoms with Gasteiger partial charge in [-0.1, -0.05) is 35.3 Å². The fourth-order valence-electron chi connectivity index (χ4n) is 1.40. The number of rotatable bonds is 4. The Balaban J connectivity index is 3.11. The molecule has 0 heterocycles. The average Bonchev–Trinajstić information content (AvgIpc) is 2.18. The number of nitrogens with two attached hydrogens (primary N) is 1. The summed E-state index contributed by atoms with van der Waals surface area (Å²) in [5.74, 6) is -0.474. The smallest absolute Gasteiger partial charge is 0.239 e. The first-order chi connectivity index (χ1) is 7.43. The highest BCUT2D eigenvalue weighted by Gasteiger charge is 2.21. The lowest BCUT2D eigenvalue weighted by atomic mass is 10.1. The van der Waals surface area contributed by atoms with Crippen LogP contribution in [0.1, 0.15) is 25.5 Å². The SMILES string of the molecule is CC(C)NC(C(N)=O)c1cccc(Cl)c1Cl. The lowest BCUT2D eigenvalue weighted by Crippen LogP contribution is -2.37. The molecule has 0 saturated heterocycles. The Morgan fingerprint density at radius 1 is 1.38 bits per heavy atom. The third-order valence-electron chi connectivity index (χ3n) is 2.08. The molecule has 0 fully saturated rings. The molecule has 0 radical (unpaired) electrons. The molecule has 0 aliphatic rings. The highest BCUT2D eigenvalue weighted by atomic mass is 35.5. The van der Waals surface area contributed by atoms with E-state index in [2.05, 4.69) is 5.32 Å². The van der Waals surface area contributed by atoms with Gasteiger partial charge in [0.15, 0.2) is 0 Å². The number of halogens is 2. The zero-order valence-corrected chi connectivity index (χ0v) is 10.6. The van der Waals surface area contributed by atoms with E-state index < -0.39 is 11.9 Å². The van der Waals surface area contributed by atoms with Crippen molar-refractivity contribution in [3.05, 3.63) is 33.8 Å². The minimum atomic E-state index is -0.619. The molecule has 1 atom stereocenters. The monoisotopic (exact) mass is 260 g/mol. The standard InChI is InChI=1S/C11H14Cl2N2O/c1-6(2)15-10(11(14)16)7-4-3-5-8(12)9(7)13/h3-6,10,15H,1-2H3,(H2,14,16). The lowest BCUT2D eigenvalue weighted by Gasteiger charge is -2.19. The quantitative estimate of drug-likeness (QED) is 0.874. The summed E-state index contributed by atoms with van der Waals surface area (Å²) in [4.78, 5) is 11.4. The number of hydrogen-bond donors (Lipinski definition) is 2. The van der Waals surface area contributed by atoms with Crippen molar-refractivity contribution in [2.24, 2.45) is 5.73 Å². The second-order valence-electron chi connectivity index (χ2n) is 3.80. The van der Waals surface area contributed by atoms with Crippen LogP contribution in [0.5, 0.6) is 0 Å². The first-order valence-corrected chi connectivity index (χ1v) is 5.68. The van der Waals surface area contributed by atoms with E-state index in [-0.39, 0.29) is 6.04 Å². The minimum Gasteiger partial charge on any atom is -0.368 e. The summed E-state index contributed by atoms with van der Waals surface area (Å²) in [5.41, 5.74) is 5.94. The van der Waals surface area contributed by atoms with Crippen LogP contribution >= 0.6 is 23.2 Å². The second kappa shape index (κ2) is 5.53. The summed E-state index contributed by atoms with van der Waals surface area (Å²) in [6.45, 7) is 3.85. The van der Waals surface area contributed by atoms with E-state index >= 15 is 0 Å². The van der Waals surface area contributed by atoms with E-state index in [4.69, 9.17) is 28.9 Å². The molecule has 5 heteroatoms. The maximum Gasteiger partial charge on any atom is 0.239 e. The molecular weight excluding hydrogens is 247 g/mol. The predicted molar refractivity (Wildman–Crippen MR) is 66.7 cm³/mol. The zero-order valence-electron chi connectivity index (χ0n) is 9.13. The van der Waals surface area contributed by atoms with Crippen LogP contribution < -0.4 is 11.1 Å².